The second kappa shape index (κ2) is 6.89. The molecule has 0 aliphatic carbocycles. The van der Waals surface area contributed by atoms with Crippen LogP contribution in [0.4, 0.5) is 0 Å². The minimum Gasteiger partial charge on any atom is -0.369 e. The van der Waals surface area contributed by atoms with E-state index in [0.29, 0.717) is 31.9 Å². The molecule has 1 saturated heterocycles. The molecular formula is C16H18N4O2S. The zero-order chi connectivity index (χ0) is 16.2. The van der Waals surface area contributed by atoms with Crippen molar-refractivity contribution in [2.75, 3.05) is 32.7 Å². The van der Waals surface area contributed by atoms with Gasteiger partial charge in [-0.1, -0.05) is 30.3 Å². The summed E-state index contributed by atoms with van der Waals surface area (Å²) in [7, 11) is 0. The highest BCUT2D eigenvalue weighted by molar-refractivity contribution is 7.13. The molecule has 0 radical (unpaired) electrons. The largest absolute Gasteiger partial charge is 0.369 e. The maximum absolute atomic E-state index is 12.5. The summed E-state index contributed by atoms with van der Waals surface area (Å²) in [6, 6.07) is 9.83. The second-order valence-corrected chi connectivity index (χ2v) is 6.30. The van der Waals surface area contributed by atoms with Gasteiger partial charge in [0, 0.05) is 37.1 Å². The van der Waals surface area contributed by atoms with Gasteiger partial charge in [-0.15, -0.1) is 11.3 Å². The molecular weight excluding hydrogens is 312 g/mol. The molecule has 2 aromatic rings. The average molecular weight is 330 g/mol. The monoisotopic (exact) mass is 330 g/mol. The number of aromatic nitrogens is 1. The topological polar surface area (TPSA) is 79.5 Å². The highest BCUT2D eigenvalue weighted by atomic mass is 32.1. The zero-order valence-corrected chi connectivity index (χ0v) is 13.5. The molecule has 0 atom stereocenters. The van der Waals surface area contributed by atoms with Crippen molar-refractivity contribution in [1.29, 1.82) is 0 Å². The lowest BCUT2D eigenvalue weighted by Gasteiger charge is -2.33. The number of thiazole rings is 1. The molecule has 2 N–H and O–H groups in total. The molecule has 120 valence electrons. The van der Waals surface area contributed by atoms with Gasteiger partial charge in [0.2, 0.25) is 5.91 Å². The Bertz CT molecular complexity index is 693. The Morgan fingerprint density at radius 1 is 1.13 bits per heavy atom. The van der Waals surface area contributed by atoms with Gasteiger partial charge < -0.3 is 10.6 Å². The van der Waals surface area contributed by atoms with Gasteiger partial charge in [-0.25, -0.2) is 4.98 Å². The summed E-state index contributed by atoms with van der Waals surface area (Å²) >= 11 is 1.47. The van der Waals surface area contributed by atoms with Crippen LogP contribution >= 0.6 is 11.3 Å². The lowest BCUT2D eigenvalue weighted by molar-refractivity contribution is -0.119. The highest BCUT2D eigenvalue weighted by Crippen LogP contribution is 2.24. The van der Waals surface area contributed by atoms with Gasteiger partial charge in [-0.3, -0.25) is 14.5 Å². The maximum Gasteiger partial charge on any atom is 0.273 e. The lowest BCUT2D eigenvalue weighted by Crippen LogP contribution is -2.50. The van der Waals surface area contributed by atoms with E-state index in [9.17, 15) is 9.59 Å². The van der Waals surface area contributed by atoms with E-state index in [2.05, 4.69) is 4.98 Å². The van der Waals surface area contributed by atoms with Crippen molar-refractivity contribution in [3.63, 3.8) is 0 Å². The quantitative estimate of drug-likeness (QED) is 0.909. The van der Waals surface area contributed by atoms with Crippen LogP contribution in [0, 0.1) is 0 Å². The zero-order valence-electron chi connectivity index (χ0n) is 12.6. The first kappa shape index (κ1) is 15.6. The first-order chi connectivity index (χ1) is 11.1. The summed E-state index contributed by atoms with van der Waals surface area (Å²) in [6.07, 6.45) is 0. The van der Waals surface area contributed by atoms with Crippen LogP contribution in [0.15, 0.2) is 35.7 Å². The third kappa shape index (κ3) is 3.75. The van der Waals surface area contributed by atoms with E-state index >= 15 is 0 Å². The Morgan fingerprint density at radius 3 is 2.48 bits per heavy atom. The molecule has 1 aromatic heterocycles. The van der Waals surface area contributed by atoms with Crippen LogP contribution in [0.25, 0.3) is 10.6 Å². The molecule has 0 bridgehead atoms. The van der Waals surface area contributed by atoms with Crippen molar-refractivity contribution < 1.29 is 9.59 Å². The van der Waals surface area contributed by atoms with Crippen molar-refractivity contribution in [3.8, 4) is 10.6 Å². The average Bonchev–Trinajstić information content (AvgIpc) is 3.05. The smallest absolute Gasteiger partial charge is 0.273 e. The molecule has 1 aliphatic rings. The van der Waals surface area contributed by atoms with E-state index in [0.717, 1.165) is 10.6 Å². The summed E-state index contributed by atoms with van der Waals surface area (Å²) in [5, 5.41) is 2.65. The number of carbonyl (C=O) groups is 2. The minimum atomic E-state index is -0.336. The Morgan fingerprint density at radius 2 is 1.83 bits per heavy atom. The predicted molar refractivity (Wildman–Crippen MR) is 89.1 cm³/mol. The number of carbonyl (C=O) groups excluding carboxylic acids is 2. The summed E-state index contributed by atoms with van der Waals surface area (Å²) in [5.41, 5.74) is 6.70. The first-order valence-corrected chi connectivity index (χ1v) is 8.32. The number of nitrogens with two attached hydrogens (primary N) is 1. The van der Waals surface area contributed by atoms with Crippen LogP contribution in [0.1, 0.15) is 10.5 Å². The van der Waals surface area contributed by atoms with Crippen LogP contribution < -0.4 is 5.73 Å². The molecule has 7 heteroatoms. The van der Waals surface area contributed by atoms with Gasteiger partial charge in [0.05, 0.1) is 6.54 Å². The van der Waals surface area contributed by atoms with Crippen LogP contribution in [-0.4, -0.2) is 59.3 Å². The van der Waals surface area contributed by atoms with Crippen LogP contribution in [0.5, 0.6) is 0 Å². The third-order valence-electron chi connectivity index (χ3n) is 3.78. The van der Waals surface area contributed by atoms with Crippen molar-refractivity contribution >= 4 is 23.2 Å². The molecule has 0 spiro atoms. The predicted octanol–water partition coefficient (Wildman–Crippen LogP) is 1.05. The molecule has 6 nitrogen and oxygen atoms in total. The number of rotatable bonds is 4. The number of nitrogens with zero attached hydrogens (tertiary/aromatic N) is 3. The number of amides is 2. The molecule has 1 fully saturated rings. The normalized spacial score (nSPS) is 15.6. The molecule has 2 amide bonds. The summed E-state index contributed by atoms with van der Waals surface area (Å²) < 4.78 is 0. The van der Waals surface area contributed by atoms with Crippen LogP contribution in [0.3, 0.4) is 0 Å². The lowest BCUT2D eigenvalue weighted by atomic mass is 10.2. The number of piperazine rings is 1. The van der Waals surface area contributed by atoms with Crippen molar-refractivity contribution in [1.82, 2.24) is 14.8 Å². The van der Waals surface area contributed by atoms with E-state index in [1.807, 2.05) is 35.2 Å². The fraction of sp³-hybridized carbons (Fsp3) is 0.312. The number of benzene rings is 1. The molecule has 3 rings (SSSR count). The number of hydrogen-bond acceptors (Lipinski definition) is 5. The van der Waals surface area contributed by atoms with E-state index < -0.39 is 0 Å². The van der Waals surface area contributed by atoms with Crippen molar-refractivity contribution in [3.05, 3.63) is 41.4 Å². The fourth-order valence-electron chi connectivity index (χ4n) is 2.58. The Labute approximate surface area is 138 Å². The highest BCUT2D eigenvalue weighted by Gasteiger charge is 2.24. The van der Waals surface area contributed by atoms with E-state index in [1.165, 1.54) is 11.3 Å². The molecule has 1 aliphatic heterocycles. The van der Waals surface area contributed by atoms with Crippen LogP contribution in [-0.2, 0) is 4.79 Å². The van der Waals surface area contributed by atoms with Gasteiger partial charge in [-0.2, -0.15) is 0 Å². The number of hydrogen-bond donors (Lipinski definition) is 1. The molecule has 23 heavy (non-hydrogen) atoms. The standard InChI is InChI=1S/C16H18N4O2S/c17-14(21)10-19-6-8-20(9-7-19)16(22)13-11-23-15(18-13)12-4-2-1-3-5-12/h1-5,11H,6-10H2,(H2,17,21). The summed E-state index contributed by atoms with van der Waals surface area (Å²) in [6.45, 7) is 2.74. The minimum absolute atomic E-state index is 0.0536. The fourth-order valence-corrected chi connectivity index (χ4v) is 3.38. The van der Waals surface area contributed by atoms with Gasteiger partial charge in [0.1, 0.15) is 10.7 Å². The molecule has 2 heterocycles. The van der Waals surface area contributed by atoms with Gasteiger partial charge in [0.15, 0.2) is 0 Å². The maximum atomic E-state index is 12.5. The first-order valence-electron chi connectivity index (χ1n) is 7.44. The third-order valence-corrected chi connectivity index (χ3v) is 4.67. The summed E-state index contributed by atoms with van der Waals surface area (Å²) in [4.78, 5) is 31.7. The Kier molecular flexibility index (Phi) is 4.68. The van der Waals surface area contributed by atoms with Gasteiger partial charge >= 0.3 is 0 Å². The molecule has 1 aromatic carbocycles. The van der Waals surface area contributed by atoms with E-state index in [4.69, 9.17) is 5.73 Å². The van der Waals surface area contributed by atoms with Crippen molar-refractivity contribution in [2.45, 2.75) is 0 Å². The molecule has 0 saturated carbocycles. The SMILES string of the molecule is NC(=O)CN1CCN(C(=O)c2csc(-c3ccccc3)n2)CC1. The second-order valence-electron chi connectivity index (χ2n) is 5.44. The van der Waals surface area contributed by atoms with Crippen LogP contribution in [0.2, 0.25) is 0 Å². The van der Waals surface area contributed by atoms with Crippen molar-refractivity contribution in [2.24, 2.45) is 5.73 Å². The Balaban J connectivity index is 1.63. The number of primary amides is 1. The Hall–Kier alpha value is -2.25. The molecule has 0 unspecified atom stereocenters. The van der Waals surface area contributed by atoms with Gasteiger partial charge in [-0.05, 0) is 0 Å². The van der Waals surface area contributed by atoms with E-state index in [-0.39, 0.29) is 18.4 Å². The van der Waals surface area contributed by atoms with Gasteiger partial charge in [0.25, 0.3) is 5.91 Å². The van der Waals surface area contributed by atoms with E-state index in [1.54, 1.807) is 10.3 Å². The summed E-state index contributed by atoms with van der Waals surface area (Å²) in [5.74, 6) is -0.390.